The molecular formula is C18H11IN2S. The van der Waals surface area contributed by atoms with Crippen molar-refractivity contribution in [3.8, 4) is 17.3 Å². The molecule has 3 rings (SSSR count). The topological polar surface area (TPSA) is 36.7 Å². The van der Waals surface area contributed by atoms with Crippen LogP contribution in [0.15, 0.2) is 60.0 Å². The number of hydrogen-bond acceptors (Lipinski definition) is 3. The molecule has 0 saturated carbocycles. The van der Waals surface area contributed by atoms with Crippen LogP contribution in [0.2, 0.25) is 0 Å². The molecule has 0 amide bonds. The number of aromatic nitrogens is 1. The minimum absolute atomic E-state index is 0.594. The van der Waals surface area contributed by atoms with Crippen molar-refractivity contribution >= 4 is 45.6 Å². The molecule has 0 saturated heterocycles. The summed E-state index contributed by atoms with van der Waals surface area (Å²) in [5.74, 6) is 0. The molecule has 2 aromatic carbocycles. The number of nitrogens with zero attached hydrogens (tertiary/aromatic N) is 2. The number of benzene rings is 2. The van der Waals surface area contributed by atoms with E-state index in [1.54, 1.807) is 0 Å². The van der Waals surface area contributed by atoms with Gasteiger partial charge in [0.1, 0.15) is 11.1 Å². The SMILES string of the molecule is N#C/C(=C/c1ccccc1I)c1nc(-c2ccccc2)cs1. The predicted molar refractivity (Wildman–Crippen MR) is 100 cm³/mol. The van der Waals surface area contributed by atoms with Gasteiger partial charge in [0.15, 0.2) is 0 Å². The van der Waals surface area contributed by atoms with E-state index in [0.717, 1.165) is 25.4 Å². The maximum Gasteiger partial charge on any atom is 0.134 e. The zero-order valence-electron chi connectivity index (χ0n) is 11.5. The lowest BCUT2D eigenvalue weighted by atomic mass is 10.1. The molecule has 0 fully saturated rings. The van der Waals surface area contributed by atoms with E-state index in [9.17, 15) is 5.26 Å². The van der Waals surface area contributed by atoms with Gasteiger partial charge in [-0.25, -0.2) is 4.98 Å². The highest BCUT2D eigenvalue weighted by molar-refractivity contribution is 14.1. The lowest BCUT2D eigenvalue weighted by Gasteiger charge is -1.99. The van der Waals surface area contributed by atoms with Crippen LogP contribution < -0.4 is 0 Å². The highest BCUT2D eigenvalue weighted by Crippen LogP contribution is 2.27. The van der Waals surface area contributed by atoms with Gasteiger partial charge in [0, 0.05) is 14.5 Å². The third-order valence-electron chi connectivity index (χ3n) is 3.13. The van der Waals surface area contributed by atoms with Crippen molar-refractivity contribution in [3.63, 3.8) is 0 Å². The van der Waals surface area contributed by atoms with Crippen LogP contribution in [0.3, 0.4) is 0 Å². The largest absolute Gasteiger partial charge is 0.235 e. The van der Waals surface area contributed by atoms with Crippen molar-refractivity contribution in [2.75, 3.05) is 0 Å². The van der Waals surface area contributed by atoms with Gasteiger partial charge >= 0.3 is 0 Å². The number of hydrogen-bond donors (Lipinski definition) is 0. The Morgan fingerprint density at radius 3 is 2.55 bits per heavy atom. The second-order valence-corrected chi connectivity index (χ2v) is 6.62. The Kier molecular flexibility index (Phi) is 4.66. The van der Waals surface area contributed by atoms with Gasteiger partial charge in [-0.2, -0.15) is 5.26 Å². The van der Waals surface area contributed by atoms with Gasteiger partial charge < -0.3 is 0 Å². The number of nitriles is 1. The molecule has 106 valence electrons. The summed E-state index contributed by atoms with van der Waals surface area (Å²) in [6.07, 6.45) is 1.90. The first kappa shape index (κ1) is 14.9. The quantitative estimate of drug-likeness (QED) is 0.421. The van der Waals surface area contributed by atoms with E-state index in [1.807, 2.05) is 66.1 Å². The molecule has 0 aliphatic carbocycles. The third-order valence-corrected chi connectivity index (χ3v) is 4.99. The van der Waals surface area contributed by atoms with E-state index in [-0.39, 0.29) is 0 Å². The lowest BCUT2D eigenvalue weighted by molar-refractivity contribution is 1.37. The molecule has 1 heterocycles. The lowest BCUT2D eigenvalue weighted by Crippen LogP contribution is -1.84. The van der Waals surface area contributed by atoms with Crippen LogP contribution >= 0.6 is 33.9 Å². The molecule has 0 atom stereocenters. The molecule has 4 heteroatoms. The zero-order valence-corrected chi connectivity index (χ0v) is 14.5. The number of halogens is 1. The van der Waals surface area contributed by atoms with Crippen molar-refractivity contribution in [1.82, 2.24) is 4.98 Å². The van der Waals surface area contributed by atoms with Crippen LogP contribution in [0.1, 0.15) is 10.6 Å². The molecule has 0 spiro atoms. The zero-order chi connectivity index (χ0) is 15.4. The summed E-state index contributed by atoms with van der Waals surface area (Å²) in [5.41, 5.74) is 3.61. The summed E-state index contributed by atoms with van der Waals surface area (Å²) >= 11 is 3.77. The van der Waals surface area contributed by atoms with Crippen molar-refractivity contribution in [2.45, 2.75) is 0 Å². The molecule has 22 heavy (non-hydrogen) atoms. The molecular weight excluding hydrogens is 403 g/mol. The predicted octanol–water partition coefficient (Wildman–Crippen LogP) is 5.48. The monoisotopic (exact) mass is 414 g/mol. The van der Waals surface area contributed by atoms with Crippen LogP contribution in [-0.2, 0) is 0 Å². The second kappa shape index (κ2) is 6.86. The first-order valence-corrected chi connectivity index (χ1v) is 8.61. The van der Waals surface area contributed by atoms with Gasteiger partial charge in [0.05, 0.1) is 11.3 Å². The van der Waals surface area contributed by atoms with Crippen molar-refractivity contribution in [3.05, 3.63) is 74.1 Å². The summed E-state index contributed by atoms with van der Waals surface area (Å²) < 4.78 is 1.12. The van der Waals surface area contributed by atoms with Crippen molar-refractivity contribution in [2.24, 2.45) is 0 Å². The van der Waals surface area contributed by atoms with Crippen LogP contribution in [0.4, 0.5) is 0 Å². The summed E-state index contributed by atoms with van der Waals surface area (Å²) in [6, 6.07) is 20.3. The normalized spacial score (nSPS) is 11.2. The van der Waals surface area contributed by atoms with Crippen molar-refractivity contribution < 1.29 is 0 Å². The fourth-order valence-electron chi connectivity index (χ4n) is 2.03. The minimum Gasteiger partial charge on any atom is -0.235 e. The first-order chi connectivity index (χ1) is 10.8. The minimum atomic E-state index is 0.594. The standard InChI is InChI=1S/C18H11IN2S/c19-16-9-5-4-8-14(16)10-15(11-20)18-21-17(12-22-18)13-6-2-1-3-7-13/h1-10,12H/b15-10-. The molecule has 0 N–H and O–H groups in total. The molecule has 0 bridgehead atoms. The maximum absolute atomic E-state index is 9.46. The van der Waals surface area contributed by atoms with Crippen LogP contribution in [-0.4, -0.2) is 4.98 Å². The Hall–Kier alpha value is -1.97. The summed E-state index contributed by atoms with van der Waals surface area (Å²) in [7, 11) is 0. The third kappa shape index (κ3) is 3.26. The highest BCUT2D eigenvalue weighted by atomic mass is 127. The van der Waals surface area contributed by atoms with Gasteiger partial charge in [-0.1, -0.05) is 48.5 Å². The van der Waals surface area contributed by atoms with Crippen LogP contribution in [0, 0.1) is 14.9 Å². The van der Waals surface area contributed by atoms with Gasteiger partial charge in [0.2, 0.25) is 0 Å². The van der Waals surface area contributed by atoms with E-state index < -0.39 is 0 Å². The highest BCUT2D eigenvalue weighted by Gasteiger charge is 2.09. The average molecular weight is 414 g/mol. The molecule has 0 radical (unpaired) electrons. The Labute approximate surface area is 146 Å². The van der Waals surface area contributed by atoms with Crippen LogP contribution in [0.5, 0.6) is 0 Å². The Morgan fingerprint density at radius 2 is 1.82 bits per heavy atom. The first-order valence-electron chi connectivity index (χ1n) is 6.65. The fraction of sp³-hybridized carbons (Fsp3) is 0. The smallest absolute Gasteiger partial charge is 0.134 e. The molecule has 3 aromatic rings. The summed E-state index contributed by atoms with van der Waals surface area (Å²) in [5, 5.41) is 12.2. The maximum atomic E-state index is 9.46. The van der Waals surface area contributed by atoms with E-state index in [1.165, 1.54) is 11.3 Å². The number of thiazole rings is 1. The van der Waals surface area contributed by atoms with Crippen molar-refractivity contribution in [1.29, 1.82) is 5.26 Å². The second-order valence-electron chi connectivity index (χ2n) is 4.60. The van der Waals surface area contributed by atoms with Gasteiger partial charge in [-0.3, -0.25) is 0 Å². The number of allylic oxidation sites excluding steroid dienone is 1. The number of rotatable bonds is 3. The van der Waals surface area contributed by atoms with Gasteiger partial charge in [-0.05, 0) is 40.3 Å². The average Bonchev–Trinajstić information content (AvgIpc) is 3.05. The molecule has 0 unspecified atom stereocenters. The molecule has 1 aromatic heterocycles. The van der Waals surface area contributed by atoms with E-state index in [0.29, 0.717) is 5.57 Å². The Balaban J connectivity index is 1.98. The van der Waals surface area contributed by atoms with Gasteiger partial charge in [0.25, 0.3) is 0 Å². The molecule has 0 aliphatic rings. The summed E-state index contributed by atoms with van der Waals surface area (Å²) in [6.45, 7) is 0. The van der Waals surface area contributed by atoms with Gasteiger partial charge in [-0.15, -0.1) is 11.3 Å². The van der Waals surface area contributed by atoms with E-state index >= 15 is 0 Å². The fourth-order valence-corrected chi connectivity index (χ4v) is 3.37. The Bertz CT molecular complexity index is 860. The Morgan fingerprint density at radius 1 is 1.09 bits per heavy atom. The summed E-state index contributed by atoms with van der Waals surface area (Å²) in [4.78, 5) is 4.60. The molecule has 0 aliphatic heterocycles. The van der Waals surface area contributed by atoms with E-state index in [4.69, 9.17) is 0 Å². The van der Waals surface area contributed by atoms with E-state index in [2.05, 4.69) is 33.6 Å². The molecule has 2 nitrogen and oxygen atoms in total. The van der Waals surface area contributed by atoms with Crippen LogP contribution in [0.25, 0.3) is 22.9 Å².